The first-order valence-corrected chi connectivity index (χ1v) is 14.3. The van der Waals surface area contributed by atoms with Crippen LogP contribution in [0.1, 0.15) is 78.7 Å². The summed E-state index contributed by atoms with van der Waals surface area (Å²) in [4.78, 5) is 40.9. The number of thiophene rings is 1. The molecule has 39 heavy (non-hydrogen) atoms. The van der Waals surface area contributed by atoms with Crippen LogP contribution in [-0.4, -0.2) is 35.2 Å². The Labute approximate surface area is 231 Å². The number of nitrogens with zero attached hydrogens (tertiary/aromatic N) is 3. The number of esters is 1. The third-order valence-corrected chi connectivity index (χ3v) is 9.60. The highest BCUT2D eigenvalue weighted by Gasteiger charge is 2.56. The Morgan fingerprint density at radius 2 is 1.95 bits per heavy atom. The molecule has 1 aliphatic heterocycles. The van der Waals surface area contributed by atoms with Gasteiger partial charge in [0, 0.05) is 41.3 Å². The van der Waals surface area contributed by atoms with Crippen molar-refractivity contribution in [3.05, 3.63) is 55.9 Å². The van der Waals surface area contributed by atoms with Gasteiger partial charge >= 0.3 is 5.97 Å². The highest BCUT2D eigenvalue weighted by molar-refractivity contribution is 7.17. The number of carbonyl (C=O) groups excluding carboxylic acids is 2. The monoisotopic (exact) mass is 548 g/mol. The van der Waals surface area contributed by atoms with Crippen molar-refractivity contribution in [2.75, 3.05) is 11.5 Å². The second-order valence-corrected chi connectivity index (χ2v) is 12.5. The highest BCUT2D eigenvalue weighted by atomic mass is 32.1. The number of hydrogen-bond donors (Lipinski definition) is 1. The molecule has 10 heteroatoms. The van der Waals surface area contributed by atoms with Gasteiger partial charge in [-0.15, -0.1) is 11.3 Å². The molecule has 0 spiro atoms. The van der Waals surface area contributed by atoms with E-state index in [1.54, 1.807) is 24.0 Å². The van der Waals surface area contributed by atoms with Crippen molar-refractivity contribution >= 4 is 39.6 Å². The summed E-state index contributed by atoms with van der Waals surface area (Å²) in [6.07, 6.45) is 4.52. The summed E-state index contributed by atoms with van der Waals surface area (Å²) in [6, 6.07) is 7.83. The lowest BCUT2D eigenvalue weighted by Crippen LogP contribution is -2.61. The molecule has 4 unspecified atom stereocenters. The minimum Gasteiger partial charge on any atom is -0.462 e. The summed E-state index contributed by atoms with van der Waals surface area (Å²) in [7, 11) is 0. The van der Waals surface area contributed by atoms with Gasteiger partial charge in [-0.2, -0.15) is 5.26 Å². The number of amidine groups is 1. The van der Waals surface area contributed by atoms with Crippen molar-refractivity contribution in [3.63, 3.8) is 0 Å². The van der Waals surface area contributed by atoms with Crippen molar-refractivity contribution in [3.8, 4) is 6.07 Å². The van der Waals surface area contributed by atoms with E-state index in [1.165, 1.54) is 23.5 Å². The number of nitrogens with one attached hydrogen (secondary N) is 1. The zero-order chi connectivity index (χ0) is 28.1. The molecule has 9 nitrogen and oxygen atoms in total. The maximum absolute atomic E-state index is 13.9. The molecule has 0 bridgehead atoms. The predicted molar refractivity (Wildman–Crippen MR) is 147 cm³/mol. The molecule has 1 saturated heterocycles. The smallest absolute Gasteiger partial charge is 0.341 e. The van der Waals surface area contributed by atoms with Crippen LogP contribution in [0.4, 0.5) is 10.7 Å². The summed E-state index contributed by atoms with van der Waals surface area (Å²) in [5, 5.41) is 31.6. The lowest BCUT2D eigenvalue weighted by Gasteiger charge is -2.53. The number of nitriles is 1. The maximum atomic E-state index is 13.9. The largest absolute Gasteiger partial charge is 0.462 e. The van der Waals surface area contributed by atoms with Crippen molar-refractivity contribution in [2.45, 2.75) is 71.3 Å². The molecule has 0 radical (unpaired) electrons. The molecular formula is C29H32N4O5S. The molecule has 1 saturated carbocycles. The van der Waals surface area contributed by atoms with Gasteiger partial charge in [0.25, 0.3) is 5.69 Å². The van der Waals surface area contributed by atoms with Crippen molar-refractivity contribution < 1.29 is 19.2 Å². The first-order chi connectivity index (χ1) is 18.6. The van der Waals surface area contributed by atoms with Gasteiger partial charge in [0.15, 0.2) is 0 Å². The van der Waals surface area contributed by atoms with Gasteiger partial charge in [0.05, 0.1) is 23.2 Å². The van der Waals surface area contributed by atoms with E-state index in [-0.39, 0.29) is 29.3 Å². The normalized spacial score (nSPS) is 25.8. The molecule has 3 aliphatic rings. The number of Topliss-reactive ketones (excluding diaryl/α,β-unsaturated/α-hetero) is 1. The number of ether oxygens (including phenoxy) is 1. The SMILES string of the molecule is CCOC(=O)c1c(N2C(=N)C(C#N)C(c3ccc([N+](=O)[O-])cc3)C3C(=O)CC(C)(C)CC32)sc2c1CCCC2. The molecule has 2 heterocycles. The number of piperidine rings is 1. The van der Waals surface area contributed by atoms with Crippen molar-refractivity contribution in [1.29, 1.82) is 10.7 Å². The zero-order valence-corrected chi connectivity index (χ0v) is 23.2. The predicted octanol–water partition coefficient (Wildman–Crippen LogP) is 5.81. The molecular weight excluding hydrogens is 516 g/mol. The van der Waals surface area contributed by atoms with Gasteiger partial charge < -0.3 is 9.64 Å². The van der Waals surface area contributed by atoms with E-state index in [0.29, 0.717) is 29.0 Å². The van der Waals surface area contributed by atoms with E-state index in [2.05, 4.69) is 6.07 Å². The lowest BCUT2D eigenvalue weighted by molar-refractivity contribution is -0.384. The van der Waals surface area contributed by atoms with Gasteiger partial charge in [0.2, 0.25) is 0 Å². The second-order valence-electron chi connectivity index (χ2n) is 11.5. The third-order valence-electron chi connectivity index (χ3n) is 8.31. The molecule has 204 valence electrons. The second kappa shape index (κ2) is 10.2. The fraction of sp³-hybridized carbons (Fsp3) is 0.517. The number of hydrogen-bond acceptors (Lipinski definition) is 8. The topological polar surface area (TPSA) is 137 Å². The minimum atomic E-state index is -0.966. The van der Waals surface area contributed by atoms with Gasteiger partial charge in [-0.3, -0.25) is 20.3 Å². The fourth-order valence-corrected chi connectivity index (χ4v) is 8.17. The van der Waals surface area contributed by atoms with Gasteiger partial charge in [-0.1, -0.05) is 26.0 Å². The summed E-state index contributed by atoms with van der Waals surface area (Å²) >= 11 is 1.49. The number of rotatable bonds is 5. The Hall–Kier alpha value is -3.58. The van der Waals surface area contributed by atoms with Crippen LogP contribution in [0.3, 0.4) is 0 Å². The van der Waals surface area contributed by atoms with Crippen LogP contribution in [0.2, 0.25) is 0 Å². The number of ketones is 1. The zero-order valence-electron chi connectivity index (χ0n) is 22.4. The Kier molecular flexibility index (Phi) is 7.06. The number of non-ortho nitro benzene ring substituents is 1. The molecule has 4 atom stereocenters. The van der Waals surface area contributed by atoms with E-state index in [4.69, 9.17) is 4.74 Å². The van der Waals surface area contributed by atoms with Gasteiger partial charge in [-0.25, -0.2) is 4.79 Å². The van der Waals surface area contributed by atoms with Gasteiger partial charge in [-0.05, 0) is 55.6 Å². The van der Waals surface area contributed by atoms with Crippen LogP contribution >= 0.6 is 11.3 Å². The van der Waals surface area contributed by atoms with Crippen molar-refractivity contribution in [1.82, 2.24) is 0 Å². The van der Waals surface area contributed by atoms with Gasteiger partial charge in [0.1, 0.15) is 22.5 Å². The Bertz CT molecular complexity index is 1390. The van der Waals surface area contributed by atoms with E-state index in [9.17, 15) is 30.4 Å². The summed E-state index contributed by atoms with van der Waals surface area (Å²) in [5.74, 6) is -2.55. The van der Waals surface area contributed by atoms with E-state index in [1.807, 2.05) is 13.8 Å². The fourth-order valence-electron chi connectivity index (χ4n) is 6.72. The number of anilines is 1. The third kappa shape index (κ3) is 4.63. The molecule has 1 N–H and O–H groups in total. The Balaban J connectivity index is 1.68. The van der Waals surface area contributed by atoms with Crippen LogP contribution in [0, 0.1) is 44.1 Å². The van der Waals surface area contributed by atoms with Crippen LogP contribution in [0.15, 0.2) is 24.3 Å². The molecule has 1 aromatic carbocycles. The first-order valence-electron chi connectivity index (χ1n) is 13.4. The minimum absolute atomic E-state index is 0.0105. The number of nitro benzene ring substituents is 1. The molecule has 2 aliphatic carbocycles. The number of carbonyl (C=O) groups is 2. The van der Waals surface area contributed by atoms with Crippen molar-refractivity contribution in [2.24, 2.45) is 17.3 Å². The Morgan fingerprint density at radius 3 is 2.59 bits per heavy atom. The first kappa shape index (κ1) is 27.0. The lowest BCUT2D eigenvalue weighted by atomic mass is 9.59. The van der Waals surface area contributed by atoms with E-state index in [0.717, 1.165) is 36.1 Å². The van der Waals surface area contributed by atoms with E-state index >= 15 is 0 Å². The molecule has 1 aromatic heterocycles. The molecule has 2 aromatic rings. The number of nitro groups is 1. The molecule has 5 rings (SSSR count). The van der Waals surface area contributed by atoms with Crippen LogP contribution in [0.5, 0.6) is 0 Å². The Morgan fingerprint density at radius 1 is 1.26 bits per heavy atom. The number of benzene rings is 1. The summed E-state index contributed by atoms with van der Waals surface area (Å²) in [5.41, 5.74) is 1.67. The van der Waals surface area contributed by atoms with E-state index < -0.39 is 34.7 Å². The quantitative estimate of drug-likeness (QED) is 0.283. The molecule has 2 fully saturated rings. The average molecular weight is 549 g/mol. The number of aryl methyl sites for hydroxylation is 1. The summed E-state index contributed by atoms with van der Waals surface area (Å²) < 4.78 is 5.47. The highest BCUT2D eigenvalue weighted by Crippen LogP contribution is 2.53. The van der Waals surface area contributed by atoms with Crippen LogP contribution in [0.25, 0.3) is 0 Å². The van der Waals surface area contributed by atoms with Crippen LogP contribution in [-0.2, 0) is 22.4 Å². The number of fused-ring (bicyclic) bond motifs is 2. The summed E-state index contributed by atoms with van der Waals surface area (Å²) in [6.45, 7) is 6.05. The maximum Gasteiger partial charge on any atom is 0.341 e. The average Bonchev–Trinajstić information content (AvgIpc) is 3.26. The van der Waals surface area contributed by atoms with Crippen LogP contribution < -0.4 is 4.90 Å². The standard InChI is InChI=1S/C29H32N4O5S/c1-4-38-28(35)24-18-7-5-6-8-22(18)39-27(24)32-20-13-29(2,3)14-21(34)25(20)23(19(15-30)26(32)31)16-9-11-17(12-10-16)33(36)37/h9-12,19-20,23,25,31H,4-8,13-14H2,1-3H3. The molecule has 0 amide bonds.